The van der Waals surface area contributed by atoms with Crippen molar-refractivity contribution in [3.63, 3.8) is 0 Å². The molecule has 1 saturated heterocycles. The lowest BCUT2D eigenvalue weighted by molar-refractivity contribution is 0.0746. The molecule has 0 aliphatic carbocycles. The van der Waals surface area contributed by atoms with Gasteiger partial charge < -0.3 is 9.80 Å². The van der Waals surface area contributed by atoms with E-state index in [0.717, 1.165) is 59.1 Å². The summed E-state index contributed by atoms with van der Waals surface area (Å²) in [5, 5.41) is 0. The van der Waals surface area contributed by atoms with Crippen LogP contribution >= 0.6 is 0 Å². The van der Waals surface area contributed by atoms with Crippen molar-refractivity contribution >= 4 is 11.7 Å². The molecule has 1 aliphatic rings. The summed E-state index contributed by atoms with van der Waals surface area (Å²) in [5.41, 5.74) is 7.44. The molecule has 0 unspecified atom stereocenters. The first kappa shape index (κ1) is 23.7. The fraction of sp³-hybridized carbons (Fsp3) is 0.258. The van der Waals surface area contributed by atoms with Gasteiger partial charge in [-0.05, 0) is 49.6 Å². The Kier molecular flexibility index (Phi) is 6.81. The Morgan fingerprint density at radius 2 is 1.44 bits per heavy atom. The van der Waals surface area contributed by atoms with Gasteiger partial charge in [-0.2, -0.15) is 0 Å². The van der Waals surface area contributed by atoms with Crippen molar-refractivity contribution in [3.05, 3.63) is 101 Å². The maximum Gasteiger partial charge on any atom is 0.253 e. The number of benzene rings is 3. The van der Waals surface area contributed by atoms with Gasteiger partial charge in [-0.15, -0.1) is 0 Å². The van der Waals surface area contributed by atoms with Gasteiger partial charge in [0.15, 0.2) is 5.82 Å². The van der Waals surface area contributed by atoms with Crippen LogP contribution in [0.2, 0.25) is 0 Å². The van der Waals surface area contributed by atoms with Gasteiger partial charge >= 0.3 is 0 Å². The monoisotopic (exact) mass is 476 g/mol. The number of hydrogen-bond donors (Lipinski definition) is 0. The smallest absolute Gasteiger partial charge is 0.253 e. The van der Waals surface area contributed by atoms with Crippen LogP contribution in [0.5, 0.6) is 0 Å². The van der Waals surface area contributed by atoms with E-state index in [9.17, 15) is 4.79 Å². The van der Waals surface area contributed by atoms with Gasteiger partial charge in [-0.25, -0.2) is 9.97 Å². The van der Waals surface area contributed by atoms with Crippen molar-refractivity contribution < 1.29 is 4.79 Å². The summed E-state index contributed by atoms with van der Waals surface area (Å²) in [6, 6.07) is 26.5. The Balaban J connectivity index is 1.31. The Bertz CT molecular complexity index is 1360. The zero-order valence-electron chi connectivity index (χ0n) is 21.2. The first-order chi connectivity index (χ1) is 17.5. The highest BCUT2D eigenvalue weighted by molar-refractivity contribution is 5.95. The van der Waals surface area contributed by atoms with E-state index in [1.807, 2.05) is 53.4 Å². The molecular weight excluding hydrogens is 444 g/mol. The van der Waals surface area contributed by atoms with Crippen molar-refractivity contribution in [2.75, 3.05) is 31.1 Å². The molecule has 5 heteroatoms. The average Bonchev–Trinajstić information content (AvgIpc) is 2.93. The number of aromatic nitrogens is 2. The molecule has 0 bridgehead atoms. The molecule has 0 atom stereocenters. The summed E-state index contributed by atoms with van der Waals surface area (Å²) in [6.45, 7) is 9.16. The molecule has 36 heavy (non-hydrogen) atoms. The number of carbonyl (C=O) groups is 1. The van der Waals surface area contributed by atoms with Gasteiger partial charge in [0.1, 0.15) is 5.82 Å². The second-order valence-electron chi connectivity index (χ2n) is 9.38. The topological polar surface area (TPSA) is 49.3 Å². The van der Waals surface area contributed by atoms with Gasteiger partial charge in [0.25, 0.3) is 5.91 Å². The summed E-state index contributed by atoms with van der Waals surface area (Å²) in [7, 11) is 0. The summed E-state index contributed by atoms with van der Waals surface area (Å²) < 4.78 is 0. The van der Waals surface area contributed by atoms with Crippen LogP contribution in [0.1, 0.15) is 34.1 Å². The quantitative estimate of drug-likeness (QED) is 0.357. The van der Waals surface area contributed by atoms with E-state index in [1.165, 1.54) is 11.1 Å². The number of hydrogen-bond acceptors (Lipinski definition) is 4. The average molecular weight is 477 g/mol. The Morgan fingerprint density at radius 3 is 2.11 bits per heavy atom. The maximum absolute atomic E-state index is 13.2. The van der Waals surface area contributed by atoms with Gasteiger partial charge in [0, 0.05) is 48.6 Å². The number of nitrogens with zero attached hydrogens (tertiary/aromatic N) is 4. The minimum atomic E-state index is 0.0873. The van der Waals surface area contributed by atoms with Crippen molar-refractivity contribution in [3.8, 4) is 22.5 Å². The molecule has 1 aromatic heterocycles. The zero-order valence-corrected chi connectivity index (χ0v) is 21.2. The van der Waals surface area contributed by atoms with Crippen molar-refractivity contribution in [1.82, 2.24) is 14.9 Å². The molecule has 0 radical (unpaired) electrons. The predicted octanol–water partition coefficient (Wildman–Crippen LogP) is 5.95. The van der Waals surface area contributed by atoms with E-state index in [4.69, 9.17) is 9.97 Å². The summed E-state index contributed by atoms with van der Waals surface area (Å²) in [4.78, 5) is 27.3. The van der Waals surface area contributed by atoms with Crippen LogP contribution < -0.4 is 4.90 Å². The molecular formula is C31H32N4O. The third kappa shape index (κ3) is 4.87. The molecule has 5 rings (SSSR count). The Hall–Kier alpha value is -3.99. The van der Waals surface area contributed by atoms with Gasteiger partial charge in [0.2, 0.25) is 0 Å². The van der Waals surface area contributed by atoms with Crippen LogP contribution in [0.4, 0.5) is 5.82 Å². The number of amides is 1. The van der Waals surface area contributed by atoms with Crippen LogP contribution in [0, 0.1) is 13.8 Å². The fourth-order valence-electron chi connectivity index (χ4n) is 4.91. The number of rotatable bonds is 5. The summed E-state index contributed by atoms with van der Waals surface area (Å²) in [5.74, 6) is 1.85. The third-order valence-corrected chi connectivity index (χ3v) is 6.93. The van der Waals surface area contributed by atoms with Crippen LogP contribution in [0.15, 0.2) is 78.9 Å². The zero-order chi connectivity index (χ0) is 25.1. The van der Waals surface area contributed by atoms with E-state index >= 15 is 0 Å². The number of aryl methyl sites for hydroxylation is 2. The molecule has 0 saturated carbocycles. The molecule has 182 valence electrons. The highest BCUT2D eigenvalue weighted by atomic mass is 16.2. The summed E-state index contributed by atoms with van der Waals surface area (Å²) in [6.07, 6.45) is 0.877. The number of anilines is 1. The maximum atomic E-state index is 13.2. The molecule has 0 N–H and O–H groups in total. The van der Waals surface area contributed by atoms with E-state index in [2.05, 4.69) is 56.0 Å². The first-order valence-corrected chi connectivity index (χ1v) is 12.7. The third-order valence-electron chi connectivity index (χ3n) is 6.93. The standard InChI is InChI=1S/C31H32N4O/c1-4-28-23(3)32-29(27-12-8-9-22(2)21-27)33-30(28)34-17-19-35(20-18-34)31(36)26-15-13-25(14-16-26)24-10-6-5-7-11-24/h5-16,21H,4,17-20H2,1-3H3. The van der Waals surface area contributed by atoms with Crippen LogP contribution in [-0.2, 0) is 6.42 Å². The second-order valence-corrected chi connectivity index (χ2v) is 9.38. The molecule has 0 spiro atoms. The molecule has 1 amide bonds. The van der Waals surface area contributed by atoms with Crippen LogP contribution in [0.3, 0.4) is 0 Å². The SMILES string of the molecule is CCc1c(C)nc(-c2cccc(C)c2)nc1N1CCN(C(=O)c2ccc(-c3ccccc3)cc2)CC1. The molecule has 1 fully saturated rings. The highest BCUT2D eigenvalue weighted by Gasteiger charge is 2.25. The van der Waals surface area contributed by atoms with Gasteiger partial charge in [-0.3, -0.25) is 4.79 Å². The Labute approximate surface area is 213 Å². The molecule has 5 nitrogen and oxygen atoms in total. The normalized spacial score (nSPS) is 13.6. The molecule has 3 aromatic carbocycles. The number of piperazine rings is 1. The van der Waals surface area contributed by atoms with E-state index in [1.54, 1.807) is 0 Å². The lowest BCUT2D eigenvalue weighted by Gasteiger charge is -2.36. The molecule has 1 aliphatic heterocycles. The Morgan fingerprint density at radius 1 is 0.778 bits per heavy atom. The first-order valence-electron chi connectivity index (χ1n) is 12.7. The fourth-order valence-corrected chi connectivity index (χ4v) is 4.91. The second kappa shape index (κ2) is 10.3. The number of carbonyl (C=O) groups excluding carboxylic acids is 1. The highest BCUT2D eigenvalue weighted by Crippen LogP contribution is 2.27. The van der Waals surface area contributed by atoms with Gasteiger partial charge in [0.05, 0.1) is 0 Å². The van der Waals surface area contributed by atoms with Crippen LogP contribution in [0.25, 0.3) is 22.5 Å². The lowest BCUT2D eigenvalue weighted by atomic mass is 10.0. The minimum Gasteiger partial charge on any atom is -0.353 e. The van der Waals surface area contributed by atoms with E-state index in [-0.39, 0.29) is 5.91 Å². The minimum absolute atomic E-state index is 0.0873. The van der Waals surface area contributed by atoms with Crippen molar-refractivity contribution in [1.29, 1.82) is 0 Å². The van der Waals surface area contributed by atoms with Crippen LogP contribution in [-0.4, -0.2) is 47.0 Å². The van der Waals surface area contributed by atoms with Crippen molar-refractivity contribution in [2.45, 2.75) is 27.2 Å². The summed E-state index contributed by atoms with van der Waals surface area (Å²) >= 11 is 0. The molecule has 2 heterocycles. The largest absolute Gasteiger partial charge is 0.353 e. The predicted molar refractivity (Wildman–Crippen MR) is 146 cm³/mol. The van der Waals surface area contributed by atoms with E-state index in [0.29, 0.717) is 13.1 Å². The van der Waals surface area contributed by atoms with Gasteiger partial charge in [-0.1, -0.05) is 73.2 Å². The van der Waals surface area contributed by atoms with Crippen molar-refractivity contribution in [2.24, 2.45) is 0 Å². The molecule has 4 aromatic rings. The van der Waals surface area contributed by atoms with E-state index < -0.39 is 0 Å². The lowest BCUT2D eigenvalue weighted by Crippen LogP contribution is -2.49.